The fraction of sp³-hybridized carbons (Fsp3) is 0.125. The highest BCUT2D eigenvalue weighted by molar-refractivity contribution is 5.89. The molecule has 3 rings (SSSR count). The third kappa shape index (κ3) is 7.01. The summed E-state index contributed by atoms with van der Waals surface area (Å²) in [6, 6.07) is 16.0. The van der Waals surface area contributed by atoms with Crippen molar-refractivity contribution in [1.82, 2.24) is 5.43 Å². The molecular formula is C24H22N2O5. The van der Waals surface area contributed by atoms with Gasteiger partial charge in [0.15, 0.2) is 6.61 Å². The molecule has 7 heteroatoms. The van der Waals surface area contributed by atoms with Crippen molar-refractivity contribution in [3.63, 3.8) is 0 Å². The summed E-state index contributed by atoms with van der Waals surface area (Å²) in [5, 5.41) is 3.91. The fourth-order valence-electron chi connectivity index (χ4n) is 2.56. The predicted molar refractivity (Wildman–Crippen MR) is 117 cm³/mol. The van der Waals surface area contributed by atoms with E-state index in [2.05, 4.69) is 10.5 Å². The molecule has 0 bridgehead atoms. The smallest absolute Gasteiger partial charge is 0.336 e. The Balaban J connectivity index is 1.48. The molecule has 0 fully saturated rings. The molecule has 0 aliphatic rings. The van der Waals surface area contributed by atoms with E-state index in [-0.39, 0.29) is 12.5 Å². The van der Waals surface area contributed by atoms with E-state index in [1.807, 2.05) is 32.0 Å². The molecule has 0 spiro atoms. The van der Waals surface area contributed by atoms with Gasteiger partial charge in [-0.25, -0.2) is 10.2 Å². The van der Waals surface area contributed by atoms with E-state index in [1.165, 1.54) is 24.6 Å². The molecule has 0 saturated heterocycles. The fourth-order valence-corrected chi connectivity index (χ4v) is 2.56. The zero-order valence-electron chi connectivity index (χ0n) is 17.2. The van der Waals surface area contributed by atoms with Gasteiger partial charge in [0.1, 0.15) is 17.3 Å². The molecular weight excluding hydrogens is 396 g/mol. The van der Waals surface area contributed by atoms with Gasteiger partial charge in [0.2, 0.25) is 0 Å². The van der Waals surface area contributed by atoms with E-state index in [4.69, 9.17) is 13.9 Å². The number of carbonyl (C=O) groups is 2. The third-order valence-electron chi connectivity index (χ3n) is 4.11. The second kappa shape index (κ2) is 10.6. The van der Waals surface area contributed by atoms with Crippen LogP contribution in [0.4, 0.5) is 0 Å². The highest BCUT2D eigenvalue weighted by Crippen LogP contribution is 2.18. The Bertz CT molecular complexity index is 1100. The first kappa shape index (κ1) is 21.6. The van der Waals surface area contributed by atoms with Crippen LogP contribution in [0.25, 0.3) is 6.08 Å². The molecule has 0 aliphatic carbocycles. The SMILES string of the molecule is Cc1ccc(C)c(OCC(=O)N/N=C/c2cccc(OC(=O)/C=C/c3ccco3)c2)c1. The van der Waals surface area contributed by atoms with Gasteiger partial charge in [0.05, 0.1) is 12.5 Å². The minimum Gasteiger partial charge on any atom is -0.483 e. The summed E-state index contributed by atoms with van der Waals surface area (Å²) in [7, 11) is 0. The number of nitrogens with zero attached hydrogens (tertiary/aromatic N) is 1. The third-order valence-corrected chi connectivity index (χ3v) is 4.11. The number of ether oxygens (including phenoxy) is 2. The number of furan rings is 1. The van der Waals surface area contributed by atoms with E-state index in [0.717, 1.165) is 11.1 Å². The van der Waals surface area contributed by atoms with Gasteiger partial charge in [0.25, 0.3) is 5.91 Å². The van der Waals surface area contributed by atoms with Crippen LogP contribution in [0.5, 0.6) is 11.5 Å². The average molecular weight is 418 g/mol. The van der Waals surface area contributed by atoms with Crippen LogP contribution >= 0.6 is 0 Å². The first-order valence-corrected chi connectivity index (χ1v) is 9.55. The second-order valence-electron chi connectivity index (χ2n) is 6.69. The van der Waals surface area contributed by atoms with Crippen LogP contribution in [-0.2, 0) is 9.59 Å². The van der Waals surface area contributed by atoms with Crippen molar-refractivity contribution in [3.05, 3.63) is 89.4 Å². The minimum atomic E-state index is -0.539. The van der Waals surface area contributed by atoms with Gasteiger partial charge < -0.3 is 13.9 Å². The van der Waals surface area contributed by atoms with Crippen molar-refractivity contribution >= 4 is 24.2 Å². The summed E-state index contributed by atoms with van der Waals surface area (Å²) in [5.41, 5.74) is 5.06. The molecule has 3 aromatic rings. The van der Waals surface area contributed by atoms with Gasteiger partial charge in [-0.05, 0) is 66.9 Å². The normalized spacial score (nSPS) is 11.0. The number of amides is 1. The van der Waals surface area contributed by atoms with Gasteiger partial charge in [-0.1, -0.05) is 24.3 Å². The van der Waals surface area contributed by atoms with E-state index >= 15 is 0 Å². The quantitative estimate of drug-likeness (QED) is 0.196. The summed E-state index contributed by atoms with van der Waals surface area (Å²) < 4.78 is 15.9. The van der Waals surface area contributed by atoms with Crippen molar-refractivity contribution in [3.8, 4) is 11.5 Å². The van der Waals surface area contributed by atoms with E-state index in [9.17, 15) is 9.59 Å². The molecule has 0 radical (unpaired) electrons. The largest absolute Gasteiger partial charge is 0.483 e. The number of rotatable bonds is 8. The second-order valence-corrected chi connectivity index (χ2v) is 6.69. The summed E-state index contributed by atoms with van der Waals surface area (Å²) in [4.78, 5) is 23.9. The molecule has 0 aliphatic heterocycles. The van der Waals surface area contributed by atoms with Crippen LogP contribution in [0.3, 0.4) is 0 Å². The highest BCUT2D eigenvalue weighted by Gasteiger charge is 2.05. The summed E-state index contributed by atoms with van der Waals surface area (Å²) >= 11 is 0. The molecule has 1 aromatic heterocycles. The van der Waals surface area contributed by atoms with E-state index < -0.39 is 5.97 Å². The van der Waals surface area contributed by atoms with Crippen molar-refractivity contribution in [2.45, 2.75) is 13.8 Å². The molecule has 0 atom stereocenters. The number of carbonyl (C=O) groups excluding carboxylic acids is 2. The lowest BCUT2D eigenvalue weighted by atomic mass is 10.1. The Hall–Kier alpha value is -4.13. The van der Waals surface area contributed by atoms with Gasteiger partial charge in [-0.15, -0.1) is 0 Å². The molecule has 158 valence electrons. The number of aryl methyl sites for hydroxylation is 2. The van der Waals surface area contributed by atoms with Crippen molar-refractivity contribution in [1.29, 1.82) is 0 Å². The van der Waals surface area contributed by atoms with Crippen LogP contribution in [-0.4, -0.2) is 24.7 Å². The first-order valence-electron chi connectivity index (χ1n) is 9.55. The lowest BCUT2D eigenvalue weighted by Gasteiger charge is -2.08. The molecule has 2 aromatic carbocycles. The Morgan fingerprint density at radius 2 is 1.97 bits per heavy atom. The molecule has 1 amide bonds. The van der Waals surface area contributed by atoms with Crippen LogP contribution in [0.15, 0.2) is 76.5 Å². The topological polar surface area (TPSA) is 90.1 Å². The van der Waals surface area contributed by atoms with Gasteiger partial charge in [-0.2, -0.15) is 5.10 Å². The zero-order valence-corrected chi connectivity index (χ0v) is 17.2. The van der Waals surface area contributed by atoms with Crippen LogP contribution < -0.4 is 14.9 Å². The van der Waals surface area contributed by atoms with E-state index in [0.29, 0.717) is 22.8 Å². The lowest BCUT2D eigenvalue weighted by molar-refractivity contribution is -0.129. The number of hydrogen-bond donors (Lipinski definition) is 1. The monoisotopic (exact) mass is 418 g/mol. The molecule has 31 heavy (non-hydrogen) atoms. The van der Waals surface area contributed by atoms with Crippen molar-refractivity contribution in [2.24, 2.45) is 5.10 Å². The highest BCUT2D eigenvalue weighted by atomic mass is 16.5. The van der Waals surface area contributed by atoms with Gasteiger partial charge >= 0.3 is 5.97 Å². The average Bonchev–Trinajstić information content (AvgIpc) is 3.27. The van der Waals surface area contributed by atoms with Crippen LogP contribution in [0.2, 0.25) is 0 Å². The lowest BCUT2D eigenvalue weighted by Crippen LogP contribution is -2.24. The zero-order chi connectivity index (χ0) is 22.1. The predicted octanol–water partition coefficient (Wildman–Crippen LogP) is 4.04. The van der Waals surface area contributed by atoms with Gasteiger partial charge in [0, 0.05) is 6.08 Å². The number of nitrogens with one attached hydrogen (secondary N) is 1. The Labute approximate surface area is 180 Å². The Morgan fingerprint density at radius 3 is 2.77 bits per heavy atom. The summed E-state index contributed by atoms with van der Waals surface area (Å²) in [6.45, 7) is 3.72. The number of benzene rings is 2. The molecule has 0 saturated carbocycles. The maximum Gasteiger partial charge on any atom is 0.336 e. The maximum absolute atomic E-state index is 12.0. The van der Waals surface area contributed by atoms with Crippen LogP contribution in [0, 0.1) is 13.8 Å². The minimum absolute atomic E-state index is 0.151. The standard InChI is InChI=1S/C24H22N2O5/c1-17-8-9-18(2)22(13-17)30-16-23(27)26-25-15-19-5-3-6-21(14-19)31-24(28)11-10-20-7-4-12-29-20/h3-15H,16H2,1-2H3,(H,26,27)/b11-10+,25-15+. The molecule has 7 nitrogen and oxygen atoms in total. The summed E-state index contributed by atoms with van der Waals surface area (Å²) in [5.74, 6) is 0.637. The van der Waals surface area contributed by atoms with Crippen molar-refractivity contribution < 1.29 is 23.5 Å². The maximum atomic E-state index is 12.0. The summed E-state index contributed by atoms with van der Waals surface area (Å²) in [6.07, 6.45) is 5.76. The number of esters is 1. The number of hydrogen-bond acceptors (Lipinski definition) is 6. The number of hydrazone groups is 1. The van der Waals surface area contributed by atoms with Crippen molar-refractivity contribution in [2.75, 3.05) is 6.61 Å². The van der Waals surface area contributed by atoms with Gasteiger partial charge in [-0.3, -0.25) is 4.79 Å². The van der Waals surface area contributed by atoms with E-state index in [1.54, 1.807) is 36.4 Å². The Morgan fingerprint density at radius 1 is 1.10 bits per heavy atom. The molecule has 1 heterocycles. The molecule has 0 unspecified atom stereocenters. The molecule has 1 N–H and O–H groups in total. The Kier molecular flexibility index (Phi) is 7.37. The van der Waals surface area contributed by atoms with Crippen LogP contribution in [0.1, 0.15) is 22.5 Å². The first-order chi connectivity index (χ1) is 15.0.